The Kier molecular flexibility index (Phi) is 4.77. The molecule has 1 rings (SSSR count). The number of halogens is 3. The van der Waals surface area contributed by atoms with E-state index >= 15 is 0 Å². The lowest BCUT2D eigenvalue weighted by Crippen LogP contribution is -2.20. The maximum Gasteiger partial charge on any atom is 0.433 e. The Morgan fingerprint density at radius 2 is 2.11 bits per heavy atom. The van der Waals surface area contributed by atoms with Crippen LogP contribution in [-0.4, -0.2) is 24.3 Å². The zero-order valence-corrected chi connectivity index (χ0v) is 10.1. The van der Waals surface area contributed by atoms with Crippen LogP contribution in [0.3, 0.4) is 0 Å². The number of rotatable bonds is 5. The number of alkyl halides is 3. The molecule has 2 N–H and O–H groups in total. The van der Waals surface area contributed by atoms with E-state index < -0.39 is 18.0 Å². The van der Waals surface area contributed by atoms with Crippen LogP contribution in [0.15, 0.2) is 12.3 Å². The predicted molar refractivity (Wildman–Crippen MR) is 60.2 cm³/mol. The number of nitrogens with two attached hydrogens (primary N) is 1. The van der Waals surface area contributed by atoms with Crippen molar-refractivity contribution in [1.29, 1.82) is 0 Å². The summed E-state index contributed by atoms with van der Waals surface area (Å²) in [7, 11) is 0. The minimum absolute atomic E-state index is 0.0375. The zero-order valence-electron chi connectivity index (χ0n) is 10.1. The number of nitrogens with zero attached hydrogens (tertiary/aromatic N) is 1. The van der Waals surface area contributed by atoms with E-state index in [1.165, 1.54) is 0 Å². The molecule has 0 spiro atoms. The fraction of sp³-hybridized carbons (Fsp3) is 0.545. The first-order chi connectivity index (χ1) is 8.34. The molecule has 1 heterocycles. The van der Waals surface area contributed by atoms with E-state index in [-0.39, 0.29) is 18.0 Å². The molecule has 1 unspecified atom stereocenters. The van der Waals surface area contributed by atoms with Gasteiger partial charge in [-0.1, -0.05) is 0 Å². The average molecular weight is 264 g/mol. The number of aromatic nitrogens is 1. The van der Waals surface area contributed by atoms with Crippen molar-refractivity contribution in [3.63, 3.8) is 0 Å². The van der Waals surface area contributed by atoms with E-state index in [2.05, 4.69) is 4.98 Å². The van der Waals surface area contributed by atoms with Gasteiger partial charge in [-0.2, -0.15) is 13.2 Å². The summed E-state index contributed by atoms with van der Waals surface area (Å²) < 4.78 is 47.8. The van der Waals surface area contributed by atoms with Gasteiger partial charge in [-0.15, -0.1) is 0 Å². The monoisotopic (exact) mass is 264 g/mol. The summed E-state index contributed by atoms with van der Waals surface area (Å²) >= 11 is 0. The third-order valence-electron chi connectivity index (χ3n) is 2.07. The van der Waals surface area contributed by atoms with Crippen molar-refractivity contribution in [3.05, 3.63) is 18.0 Å². The van der Waals surface area contributed by atoms with Crippen molar-refractivity contribution in [2.75, 3.05) is 18.9 Å². The summed E-state index contributed by atoms with van der Waals surface area (Å²) in [6, 6.07) is 0.789. The van der Waals surface area contributed by atoms with Crippen LogP contribution in [0.25, 0.3) is 0 Å². The van der Waals surface area contributed by atoms with Gasteiger partial charge in [-0.25, -0.2) is 4.98 Å². The molecule has 1 aromatic heterocycles. The second-order valence-corrected chi connectivity index (χ2v) is 3.69. The first kappa shape index (κ1) is 14.6. The summed E-state index contributed by atoms with van der Waals surface area (Å²) in [4.78, 5) is 3.22. The highest BCUT2D eigenvalue weighted by molar-refractivity contribution is 5.51. The lowest BCUT2D eigenvalue weighted by atomic mass is 10.3. The molecule has 0 aliphatic carbocycles. The van der Waals surface area contributed by atoms with Crippen LogP contribution in [0.4, 0.5) is 18.9 Å². The molecule has 0 aliphatic heterocycles. The van der Waals surface area contributed by atoms with Gasteiger partial charge < -0.3 is 15.2 Å². The maximum absolute atomic E-state index is 12.5. The first-order valence-corrected chi connectivity index (χ1v) is 5.41. The summed E-state index contributed by atoms with van der Waals surface area (Å²) in [5.41, 5.74) is 4.54. The molecule has 18 heavy (non-hydrogen) atoms. The standard InChI is InChI=1S/C11H15F3N2O2/c1-3-17-6-7(2)18-9-4-10(11(12,13)14)16-5-8(9)15/h4-5,7H,3,6,15H2,1-2H3. The Morgan fingerprint density at radius 3 is 2.67 bits per heavy atom. The number of hydrogen-bond donors (Lipinski definition) is 1. The Bertz CT molecular complexity index is 396. The Hall–Kier alpha value is -1.50. The second kappa shape index (κ2) is 5.90. The van der Waals surface area contributed by atoms with Gasteiger partial charge in [0, 0.05) is 12.7 Å². The molecule has 0 aromatic carbocycles. The van der Waals surface area contributed by atoms with Gasteiger partial charge in [0.05, 0.1) is 18.5 Å². The van der Waals surface area contributed by atoms with Gasteiger partial charge in [0.15, 0.2) is 0 Å². The van der Waals surface area contributed by atoms with Crippen molar-refractivity contribution in [2.45, 2.75) is 26.1 Å². The lowest BCUT2D eigenvalue weighted by molar-refractivity contribution is -0.141. The minimum atomic E-state index is -4.52. The molecule has 0 saturated heterocycles. The molecule has 1 atom stereocenters. The number of ether oxygens (including phenoxy) is 2. The fourth-order valence-electron chi connectivity index (χ4n) is 1.24. The molecule has 102 valence electrons. The molecule has 0 radical (unpaired) electrons. The highest BCUT2D eigenvalue weighted by Gasteiger charge is 2.33. The zero-order chi connectivity index (χ0) is 13.8. The van der Waals surface area contributed by atoms with Crippen LogP contribution in [0.5, 0.6) is 5.75 Å². The maximum atomic E-state index is 12.5. The Morgan fingerprint density at radius 1 is 1.44 bits per heavy atom. The molecule has 7 heteroatoms. The number of anilines is 1. The fourth-order valence-corrected chi connectivity index (χ4v) is 1.24. The number of hydrogen-bond acceptors (Lipinski definition) is 4. The number of pyridine rings is 1. The van der Waals surface area contributed by atoms with E-state index in [0.29, 0.717) is 6.61 Å². The molecule has 1 aromatic rings. The van der Waals surface area contributed by atoms with E-state index in [0.717, 1.165) is 12.3 Å². The summed E-state index contributed by atoms with van der Waals surface area (Å²) in [6.07, 6.45) is -3.98. The van der Waals surface area contributed by atoms with E-state index in [4.69, 9.17) is 15.2 Å². The second-order valence-electron chi connectivity index (χ2n) is 3.69. The Labute approximate surface area is 103 Å². The molecule has 0 saturated carbocycles. The quantitative estimate of drug-likeness (QED) is 0.887. The highest BCUT2D eigenvalue weighted by atomic mass is 19.4. The van der Waals surface area contributed by atoms with Gasteiger partial charge in [0.2, 0.25) is 0 Å². The van der Waals surface area contributed by atoms with E-state index in [9.17, 15) is 13.2 Å². The van der Waals surface area contributed by atoms with E-state index in [1.807, 2.05) is 6.92 Å². The molecule has 0 bridgehead atoms. The lowest BCUT2D eigenvalue weighted by Gasteiger charge is -2.17. The van der Waals surface area contributed by atoms with Gasteiger partial charge in [-0.05, 0) is 13.8 Å². The minimum Gasteiger partial charge on any atom is -0.486 e. The first-order valence-electron chi connectivity index (χ1n) is 5.41. The normalized spacial score (nSPS) is 13.4. The van der Waals surface area contributed by atoms with Crippen LogP contribution in [-0.2, 0) is 10.9 Å². The molecular formula is C11H15F3N2O2. The van der Waals surface area contributed by atoms with Gasteiger partial charge >= 0.3 is 6.18 Å². The summed E-state index contributed by atoms with van der Waals surface area (Å²) in [5.74, 6) is -0.0375. The topological polar surface area (TPSA) is 57.4 Å². The average Bonchev–Trinajstić information content (AvgIpc) is 2.28. The van der Waals surface area contributed by atoms with Crippen LogP contribution in [0, 0.1) is 0 Å². The third-order valence-corrected chi connectivity index (χ3v) is 2.07. The molecular weight excluding hydrogens is 249 g/mol. The van der Waals surface area contributed by atoms with Crippen molar-refractivity contribution in [2.24, 2.45) is 0 Å². The summed E-state index contributed by atoms with van der Waals surface area (Å²) in [5, 5.41) is 0. The van der Waals surface area contributed by atoms with Crippen LogP contribution < -0.4 is 10.5 Å². The van der Waals surface area contributed by atoms with Crippen molar-refractivity contribution in [1.82, 2.24) is 4.98 Å². The van der Waals surface area contributed by atoms with Crippen LogP contribution in [0.2, 0.25) is 0 Å². The molecule has 0 aliphatic rings. The van der Waals surface area contributed by atoms with Gasteiger partial charge in [-0.3, -0.25) is 0 Å². The molecule has 0 amide bonds. The molecule has 4 nitrogen and oxygen atoms in total. The summed E-state index contributed by atoms with van der Waals surface area (Å²) in [6.45, 7) is 4.28. The smallest absolute Gasteiger partial charge is 0.433 e. The van der Waals surface area contributed by atoms with Crippen molar-refractivity contribution >= 4 is 5.69 Å². The predicted octanol–water partition coefficient (Wildman–Crippen LogP) is 2.49. The Balaban J connectivity index is 2.81. The van der Waals surface area contributed by atoms with Gasteiger partial charge in [0.25, 0.3) is 0 Å². The van der Waals surface area contributed by atoms with Crippen LogP contribution >= 0.6 is 0 Å². The molecule has 0 fully saturated rings. The van der Waals surface area contributed by atoms with Gasteiger partial charge in [0.1, 0.15) is 17.5 Å². The van der Waals surface area contributed by atoms with E-state index in [1.54, 1.807) is 6.92 Å². The third kappa shape index (κ3) is 4.06. The number of nitrogen functional groups attached to an aromatic ring is 1. The van der Waals surface area contributed by atoms with Crippen molar-refractivity contribution in [3.8, 4) is 5.75 Å². The van der Waals surface area contributed by atoms with Crippen LogP contribution in [0.1, 0.15) is 19.5 Å². The highest BCUT2D eigenvalue weighted by Crippen LogP contribution is 2.32. The SMILES string of the molecule is CCOCC(C)Oc1cc(C(F)(F)F)ncc1N. The van der Waals surface area contributed by atoms with Crippen molar-refractivity contribution < 1.29 is 22.6 Å². The largest absolute Gasteiger partial charge is 0.486 e.